The van der Waals surface area contributed by atoms with Gasteiger partial charge in [-0.3, -0.25) is 4.98 Å². The van der Waals surface area contributed by atoms with Crippen molar-refractivity contribution in [3.63, 3.8) is 0 Å². The molecule has 0 N–H and O–H groups in total. The Labute approximate surface area is 130 Å². The van der Waals surface area contributed by atoms with E-state index < -0.39 is 26.8 Å². The van der Waals surface area contributed by atoms with Crippen LogP contribution in [0.1, 0.15) is 33.6 Å². The highest BCUT2D eigenvalue weighted by Crippen LogP contribution is 2.24. The molecule has 0 unspecified atom stereocenters. The summed E-state index contributed by atoms with van der Waals surface area (Å²) in [5.74, 6) is 0. The summed E-state index contributed by atoms with van der Waals surface area (Å²) >= 11 is 0. The lowest BCUT2D eigenvalue weighted by Crippen LogP contribution is -2.44. The Morgan fingerprint density at radius 1 is 1.27 bits per heavy atom. The van der Waals surface area contributed by atoms with Crippen LogP contribution < -0.4 is 0 Å². The van der Waals surface area contributed by atoms with Gasteiger partial charge in [0.2, 0.25) is 0 Å². The van der Waals surface area contributed by atoms with Crippen molar-refractivity contribution in [1.82, 2.24) is 14.9 Å². The second kappa shape index (κ2) is 6.20. The zero-order valence-corrected chi connectivity index (χ0v) is 13.8. The Morgan fingerprint density at radius 2 is 1.91 bits per heavy atom. The fourth-order valence-corrected chi connectivity index (χ4v) is 3.87. The monoisotopic (exact) mass is 327 g/mol. The van der Waals surface area contributed by atoms with Crippen molar-refractivity contribution in [2.24, 2.45) is 0 Å². The van der Waals surface area contributed by atoms with Gasteiger partial charge in [0.1, 0.15) is 5.60 Å². The fourth-order valence-electron chi connectivity index (χ4n) is 2.28. The van der Waals surface area contributed by atoms with E-state index in [2.05, 4.69) is 9.97 Å². The summed E-state index contributed by atoms with van der Waals surface area (Å²) in [4.78, 5) is 21.2. The summed E-state index contributed by atoms with van der Waals surface area (Å²) in [6.07, 6.45) is 4.40. The number of likely N-dealkylation sites (tertiary alicyclic amines) is 1. The standard InChI is InChI=1S/C14H21N3O4S/c1-14(2,3)21-13(18)17-8-4-11(5-9-17)22(19,20)12-10-15-6-7-16-12/h6-7,10-11H,4-5,8-9H2,1-3H3. The van der Waals surface area contributed by atoms with Gasteiger partial charge in [-0.1, -0.05) is 0 Å². The lowest BCUT2D eigenvalue weighted by molar-refractivity contribution is 0.0217. The highest BCUT2D eigenvalue weighted by Gasteiger charge is 2.34. The summed E-state index contributed by atoms with van der Waals surface area (Å²) in [5.41, 5.74) is -0.556. The molecule has 1 aliphatic rings. The van der Waals surface area contributed by atoms with Gasteiger partial charge in [0.25, 0.3) is 0 Å². The number of sulfone groups is 1. The third kappa shape index (κ3) is 3.94. The molecule has 122 valence electrons. The second-order valence-corrected chi connectivity index (χ2v) is 8.43. The van der Waals surface area contributed by atoms with Gasteiger partial charge < -0.3 is 9.64 Å². The van der Waals surface area contributed by atoms with Crippen LogP contribution in [0.25, 0.3) is 0 Å². The molecule has 0 aromatic carbocycles. The SMILES string of the molecule is CC(C)(C)OC(=O)N1CCC(S(=O)(=O)c2cnccn2)CC1. The number of hydrogen-bond donors (Lipinski definition) is 0. The minimum atomic E-state index is -3.50. The molecule has 1 aromatic rings. The van der Waals surface area contributed by atoms with E-state index >= 15 is 0 Å². The number of rotatable bonds is 2. The van der Waals surface area contributed by atoms with Gasteiger partial charge in [0.05, 0.1) is 11.4 Å². The molecule has 2 rings (SSSR count). The quantitative estimate of drug-likeness (QED) is 0.820. The third-order valence-electron chi connectivity index (χ3n) is 3.36. The van der Waals surface area contributed by atoms with E-state index in [1.54, 1.807) is 25.7 Å². The maximum atomic E-state index is 12.5. The maximum absolute atomic E-state index is 12.5. The van der Waals surface area contributed by atoms with Gasteiger partial charge in [-0.05, 0) is 33.6 Å². The van der Waals surface area contributed by atoms with Crippen molar-refractivity contribution in [1.29, 1.82) is 0 Å². The number of amides is 1. The maximum Gasteiger partial charge on any atom is 0.410 e. The zero-order valence-electron chi connectivity index (χ0n) is 13.0. The number of piperidine rings is 1. The molecule has 1 saturated heterocycles. The van der Waals surface area contributed by atoms with Gasteiger partial charge in [0, 0.05) is 25.5 Å². The number of carbonyl (C=O) groups is 1. The van der Waals surface area contributed by atoms with Crippen molar-refractivity contribution in [3.05, 3.63) is 18.6 Å². The average Bonchev–Trinajstić information content (AvgIpc) is 2.46. The molecule has 0 saturated carbocycles. The van der Waals surface area contributed by atoms with E-state index in [1.807, 2.05) is 0 Å². The molecule has 0 radical (unpaired) electrons. The van der Waals surface area contributed by atoms with E-state index in [9.17, 15) is 13.2 Å². The molecule has 1 aromatic heterocycles. The molecule has 0 bridgehead atoms. The van der Waals surface area contributed by atoms with E-state index in [1.165, 1.54) is 18.6 Å². The van der Waals surface area contributed by atoms with Gasteiger partial charge in [0.15, 0.2) is 14.9 Å². The normalized spacial score (nSPS) is 17.3. The molecule has 1 fully saturated rings. The highest BCUT2D eigenvalue weighted by molar-refractivity contribution is 7.92. The van der Waals surface area contributed by atoms with Crippen molar-refractivity contribution in [2.45, 2.75) is 49.5 Å². The molecule has 1 amide bonds. The first-order valence-corrected chi connectivity index (χ1v) is 8.72. The Bertz CT molecular complexity index is 617. The van der Waals surface area contributed by atoms with Crippen LogP contribution in [0.4, 0.5) is 4.79 Å². The molecule has 0 aliphatic carbocycles. The van der Waals surface area contributed by atoms with Gasteiger partial charge in [-0.25, -0.2) is 18.2 Å². The Morgan fingerprint density at radius 3 is 2.41 bits per heavy atom. The van der Waals surface area contributed by atoms with Gasteiger partial charge >= 0.3 is 6.09 Å². The number of nitrogens with zero attached hydrogens (tertiary/aromatic N) is 3. The minimum absolute atomic E-state index is 0.00859. The summed E-state index contributed by atoms with van der Waals surface area (Å²) in [7, 11) is -3.50. The van der Waals surface area contributed by atoms with Crippen molar-refractivity contribution < 1.29 is 17.9 Å². The summed E-state index contributed by atoms with van der Waals surface area (Å²) < 4.78 is 30.2. The van der Waals surface area contributed by atoms with E-state index in [0.717, 1.165) is 0 Å². The van der Waals surface area contributed by atoms with Crippen molar-refractivity contribution in [2.75, 3.05) is 13.1 Å². The van der Waals surface area contributed by atoms with Crippen molar-refractivity contribution in [3.8, 4) is 0 Å². The minimum Gasteiger partial charge on any atom is -0.444 e. The average molecular weight is 327 g/mol. The van der Waals surface area contributed by atoms with Crippen LogP contribution in [0.2, 0.25) is 0 Å². The number of carbonyl (C=O) groups excluding carboxylic acids is 1. The molecular weight excluding hydrogens is 306 g/mol. The highest BCUT2D eigenvalue weighted by atomic mass is 32.2. The largest absolute Gasteiger partial charge is 0.444 e. The molecule has 0 spiro atoms. The predicted molar refractivity (Wildman–Crippen MR) is 80.0 cm³/mol. The van der Waals surface area contributed by atoms with Crippen LogP contribution in [0.15, 0.2) is 23.6 Å². The Balaban J connectivity index is 1.99. The zero-order chi connectivity index (χ0) is 16.4. The van der Waals surface area contributed by atoms with Gasteiger partial charge in [-0.2, -0.15) is 0 Å². The van der Waals surface area contributed by atoms with Crippen LogP contribution in [-0.4, -0.2) is 53.3 Å². The molecule has 7 nitrogen and oxygen atoms in total. The van der Waals surface area contributed by atoms with Gasteiger partial charge in [-0.15, -0.1) is 0 Å². The Hall–Kier alpha value is -1.70. The predicted octanol–water partition coefficient (Wildman–Crippen LogP) is 1.65. The first-order chi connectivity index (χ1) is 10.2. The number of aromatic nitrogens is 2. The number of ether oxygens (including phenoxy) is 1. The second-order valence-electron chi connectivity index (χ2n) is 6.26. The van der Waals surface area contributed by atoms with Crippen molar-refractivity contribution >= 4 is 15.9 Å². The van der Waals surface area contributed by atoms with E-state index in [-0.39, 0.29) is 5.03 Å². The number of hydrogen-bond acceptors (Lipinski definition) is 6. The molecule has 2 heterocycles. The summed E-state index contributed by atoms with van der Waals surface area (Å²) in [5, 5.41) is -0.548. The summed E-state index contributed by atoms with van der Waals surface area (Å²) in [6, 6.07) is 0. The molecule has 1 aliphatic heterocycles. The van der Waals surface area contributed by atoms with Crippen LogP contribution in [-0.2, 0) is 14.6 Å². The summed E-state index contributed by atoms with van der Waals surface area (Å²) in [6.45, 7) is 6.13. The first kappa shape index (κ1) is 16.7. The van der Waals surface area contributed by atoms with E-state index in [0.29, 0.717) is 25.9 Å². The van der Waals surface area contributed by atoms with Crippen LogP contribution in [0.5, 0.6) is 0 Å². The Kier molecular flexibility index (Phi) is 4.69. The fraction of sp³-hybridized carbons (Fsp3) is 0.643. The lowest BCUT2D eigenvalue weighted by Gasteiger charge is -2.33. The van der Waals surface area contributed by atoms with Crippen LogP contribution in [0, 0.1) is 0 Å². The lowest BCUT2D eigenvalue weighted by atomic mass is 10.1. The molecular formula is C14H21N3O4S. The molecule has 0 atom stereocenters. The van der Waals surface area contributed by atoms with Crippen LogP contribution in [0.3, 0.4) is 0 Å². The van der Waals surface area contributed by atoms with E-state index in [4.69, 9.17) is 4.74 Å². The van der Waals surface area contributed by atoms with Crippen LogP contribution >= 0.6 is 0 Å². The molecule has 22 heavy (non-hydrogen) atoms. The third-order valence-corrected chi connectivity index (χ3v) is 5.51. The molecule has 8 heteroatoms. The smallest absolute Gasteiger partial charge is 0.410 e. The first-order valence-electron chi connectivity index (χ1n) is 7.18. The topological polar surface area (TPSA) is 89.5 Å².